The number of nitro groups is 1. The molecule has 0 radical (unpaired) electrons. The Bertz CT molecular complexity index is 746. The van der Waals surface area contributed by atoms with Crippen LogP contribution in [0.5, 0.6) is 0 Å². The average Bonchev–Trinajstić information content (AvgIpc) is 2.63. The van der Waals surface area contributed by atoms with Gasteiger partial charge in [0.15, 0.2) is 0 Å². The first-order valence-electron chi connectivity index (χ1n) is 8.02. The van der Waals surface area contributed by atoms with Gasteiger partial charge in [-0.25, -0.2) is 0 Å². The molecule has 0 aromatic heterocycles. The predicted octanol–water partition coefficient (Wildman–Crippen LogP) is 4.06. The fraction of sp³-hybridized carbons (Fsp3) is 0.158. The Kier molecular flexibility index (Phi) is 5.23. The van der Waals surface area contributed by atoms with Crippen molar-refractivity contribution in [3.05, 3.63) is 94.2 Å². The molecule has 0 saturated heterocycles. The van der Waals surface area contributed by atoms with Gasteiger partial charge in [-0.3, -0.25) is 0 Å². The van der Waals surface area contributed by atoms with E-state index in [0.29, 0.717) is 12.1 Å². The second-order valence-corrected chi connectivity index (χ2v) is 12.5. The molecule has 1 aliphatic carbocycles. The molecular weight excluding hydrogens is 336 g/mol. The van der Waals surface area contributed by atoms with Gasteiger partial charge in [-0.2, -0.15) is 0 Å². The Morgan fingerprint density at radius 3 is 1.88 bits per heavy atom. The van der Waals surface area contributed by atoms with Crippen molar-refractivity contribution in [3.63, 3.8) is 0 Å². The van der Waals surface area contributed by atoms with Gasteiger partial charge in [0.25, 0.3) is 0 Å². The number of hydrogen-bond acceptors (Lipinski definition) is 2. The molecule has 5 heteroatoms. The second-order valence-electron chi connectivity index (χ2n) is 6.12. The summed E-state index contributed by atoms with van der Waals surface area (Å²) >= 11 is 0. The maximum absolute atomic E-state index is 10.9. The van der Waals surface area contributed by atoms with Gasteiger partial charge in [-0.15, -0.1) is 0 Å². The van der Waals surface area contributed by atoms with Gasteiger partial charge in [0.1, 0.15) is 0 Å². The molecule has 1 atom stereocenters. The molecule has 0 bridgehead atoms. The zero-order valence-electron chi connectivity index (χ0n) is 13.4. The molecule has 1 aliphatic rings. The van der Waals surface area contributed by atoms with Crippen LogP contribution < -0.4 is 10.6 Å². The Balaban J connectivity index is 1.97. The maximum atomic E-state index is 10.9. The number of allylic oxidation sites excluding steroid dienone is 4. The Labute approximate surface area is 145 Å². The van der Waals surface area contributed by atoms with Gasteiger partial charge in [0.2, 0.25) is 0 Å². The topological polar surface area (TPSA) is 43.1 Å². The van der Waals surface area contributed by atoms with Crippen molar-refractivity contribution >= 4 is 26.5 Å². The summed E-state index contributed by atoms with van der Waals surface area (Å²) in [6.45, 7) is -1.99. The standard InChI is InChI=1S/C19H21NO2P2/c21-20(22)17-13-11-16(12-14-17)15-24(23,18-7-3-1-4-8-18)19-9-5-2-6-10-19/h1-11,13,24H,12,14-15,23H2. The summed E-state index contributed by atoms with van der Waals surface area (Å²) in [5.41, 5.74) is 1.61. The molecule has 2 aromatic carbocycles. The predicted molar refractivity (Wildman–Crippen MR) is 107 cm³/mol. The third kappa shape index (κ3) is 3.64. The van der Waals surface area contributed by atoms with Gasteiger partial charge in [0.05, 0.1) is 0 Å². The Hall–Kier alpha value is -1.82. The molecule has 3 rings (SSSR count). The molecule has 0 amide bonds. The van der Waals surface area contributed by atoms with Crippen LogP contribution in [0.2, 0.25) is 0 Å². The zero-order valence-corrected chi connectivity index (χ0v) is 15.5. The molecule has 1 unspecified atom stereocenters. The summed E-state index contributed by atoms with van der Waals surface area (Å²) in [6, 6.07) is 21.2. The molecule has 2 aromatic rings. The van der Waals surface area contributed by atoms with Crippen LogP contribution in [0.4, 0.5) is 0 Å². The second kappa shape index (κ2) is 7.38. The first-order chi connectivity index (χ1) is 11.6. The molecule has 0 N–H and O–H groups in total. The van der Waals surface area contributed by atoms with E-state index >= 15 is 0 Å². The fourth-order valence-electron chi connectivity index (χ4n) is 3.17. The Morgan fingerprint density at radius 2 is 1.46 bits per heavy atom. The van der Waals surface area contributed by atoms with E-state index in [4.69, 9.17) is 0 Å². The minimum atomic E-state index is -1.99. The monoisotopic (exact) mass is 357 g/mol. The van der Waals surface area contributed by atoms with Gasteiger partial charge in [-0.1, -0.05) is 0 Å². The number of nitrogens with zero attached hydrogens (tertiary/aromatic N) is 1. The third-order valence-electron chi connectivity index (χ3n) is 4.53. The van der Waals surface area contributed by atoms with Gasteiger partial charge in [-0.05, 0) is 0 Å². The van der Waals surface area contributed by atoms with Crippen LogP contribution in [-0.4, -0.2) is 11.1 Å². The van der Waals surface area contributed by atoms with E-state index in [0.717, 1.165) is 12.6 Å². The van der Waals surface area contributed by atoms with Crippen LogP contribution in [0.25, 0.3) is 0 Å². The van der Waals surface area contributed by atoms with Crippen LogP contribution in [0.15, 0.2) is 84.1 Å². The van der Waals surface area contributed by atoms with Crippen molar-refractivity contribution < 1.29 is 4.92 Å². The van der Waals surface area contributed by atoms with Crippen LogP contribution in [-0.2, 0) is 0 Å². The zero-order chi connectivity index (χ0) is 17.0. The van der Waals surface area contributed by atoms with E-state index < -0.39 is 6.95 Å². The van der Waals surface area contributed by atoms with Crippen LogP contribution in [0.3, 0.4) is 0 Å². The molecule has 3 nitrogen and oxygen atoms in total. The fourth-order valence-corrected chi connectivity index (χ4v) is 8.44. The van der Waals surface area contributed by atoms with Crippen molar-refractivity contribution in [2.75, 3.05) is 6.16 Å². The van der Waals surface area contributed by atoms with E-state index in [2.05, 4.69) is 57.5 Å². The van der Waals surface area contributed by atoms with Crippen molar-refractivity contribution in [3.8, 4) is 0 Å². The molecule has 0 saturated carbocycles. The van der Waals surface area contributed by atoms with E-state index in [1.807, 2.05) is 18.2 Å². The van der Waals surface area contributed by atoms with E-state index in [1.54, 1.807) is 6.08 Å². The number of rotatable bonds is 5. The summed E-state index contributed by atoms with van der Waals surface area (Å²) in [4.78, 5) is 10.6. The van der Waals surface area contributed by atoms with Crippen molar-refractivity contribution in [1.29, 1.82) is 0 Å². The van der Waals surface area contributed by atoms with E-state index in [1.165, 1.54) is 16.2 Å². The molecule has 124 valence electrons. The van der Waals surface area contributed by atoms with E-state index in [9.17, 15) is 10.1 Å². The molecule has 0 fully saturated rings. The van der Waals surface area contributed by atoms with Gasteiger partial charge >= 0.3 is 145 Å². The first kappa shape index (κ1) is 17.0. The normalized spacial score (nSPS) is 15.4. The van der Waals surface area contributed by atoms with Crippen LogP contribution >= 0.6 is 15.9 Å². The molecule has 0 heterocycles. The van der Waals surface area contributed by atoms with Gasteiger partial charge in [0, 0.05) is 0 Å². The minimum absolute atomic E-state index is 0.271. The SMILES string of the molecule is O=[N+]([O-])C1=CC=C(C[PH](P)(c2ccccc2)c2ccccc2)CC1. The van der Waals surface area contributed by atoms with Crippen molar-refractivity contribution in [1.82, 2.24) is 0 Å². The quantitative estimate of drug-likeness (QED) is 0.460. The number of benzene rings is 2. The molecule has 0 aliphatic heterocycles. The summed E-state index contributed by atoms with van der Waals surface area (Å²) < 4.78 is 0. The van der Waals surface area contributed by atoms with Crippen LogP contribution in [0.1, 0.15) is 12.8 Å². The first-order valence-corrected chi connectivity index (χ1v) is 12.0. The van der Waals surface area contributed by atoms with Crippen molar-refractivity contribution in [2.24, 2.45) is 0 Å². The summed E-state index contributed by atoms with van der Waals surface area (Å²) in [5, 5.41) is 13.6. The summed E-state index contributed by atoms with van der Waals surface area (Å²) in [7, 11) is 3.16. The van der Waals surface area contributed by atoms with Gasteiger partial charge < -0.3 is 0 Å². The summed E-state index contributed by atoms with van der Waals surface area (Å²) in [5.74, 6) is 0. The Morgan fingerprint density at radius 1 is 0.917 bits per heavy atom. The van der Waals surface area contributed by atoms with Crippen molar-refractivity contribution in [2.45, 2.75) is 12.8 Å². The van der Waals surface area contributed by atoms with E-state index in [-0.39, 0.29) is 4.92 Å². The van der Waals surface area contributed by atoms with Crippen LogP contribution in [0, 0.1) is 10.1 Å². The number of hydrogen-bond donors (Lipinski definition) is 0. The summed E-state index contributed by atoms with van der Waals surface area (Å²) in [6.07, 6.45) is 5.90. The molecule has 0 spiro atoms. The molecular formula is C19H21NO2P2. The average molecular weight is 357 g/mol. The third-order valence-corrected chi connectivity index (χ3v) is 10.9. The molecule has 24 heavy (non-hydrogen) atoms.